The molecule has 0 aliphatic rings. The van der Waals surface area contributed by atoms with Gasteiger partial charge in [-0.15, -0.1) is 0 Å². The van der Waals surface area contributed by atoms with Gasteiger partial charge in [0.15, 0.2) is 0 Å². The molecular weight excluding hydrogens is 549 g/mol. The van der Waals surface area contributed by atoms with E-state index in [1.54, 1.807) is 35.3 Å². The van der Waals surface area contributed by atoms with Crippen molar-refractivity contribution in [1.29, 1.82) is 0 Å². The Hall–Kier alpha value is -3.39. The van der Waals surface area contributed by atoms with Gasteiger partial charge in [0, 0.05) is 10.0 Å². The van der Waals surface area contributed by atoms with Crippen LogP contribution in [0.25, 0.3) is 0 Å². The maximum absolute atomic E-state index is 14.0. The zero-order chi connectivity index (χ0) is 28.4. The predicted octanol–water partition coefficient (Wildman–Crippen LogP) is 7.34. The molecule has 3 atom stereocenters. The molecule has 0 bridgehead atoms. The number of methoxy groups -OCH3 is 1. The third-order valence-electron chi connectivity index (χ3n) is 6.85. The topological polar surface area (TPSA) is 75.5 Å². The van der Waals surface area contributed by atoms with Crippen LogP contribution in [-0.4, -0.2) is 33.9 Å². The quantitative estimate of drug-likeness (QED) is 0.145. The Morgan fingerprint density at radius 1 is 0.950 bits per heavy atom. The van der Waals surface area contributed by atoms with Crippen LogP contribution in [0.5, 0.6) is 5.75 Å². The van der Waals surface area contributed by atoms with Crippen molar-refractivity contribution >= 4 is 29.2 Å². The average Bonchev–Trinajstić information content (AvgIpc) is 3.52. The SMILES string of the molecule is CCCCC(Cc1ccccc1)(C(=O)OC)C(OCc1ccc(Cl)cc1)C(Oc1ccc(Cl)cc1)n1cncn1. The molecule has 0 spiro atoms. The fourth-order valence-corrected chi connectivity index (χ4v) is 5.07. The number of carbonyl (C=O) groups is 1. The molecule has 7 nitrogen and oxygen atoms in total. The van der Waals surface area contributed by atoms with Gasteiger partial charge in [-0.25, -0.2) is 9.67 Å². The first-order valence-corrected chi connectivity index (χ1v) is 14.0. The molecule has 3 unspecified atom stereocenters. The largest absolute Gasteiger partial charge is 0.469 e. The van der Waals surface area contributed by atoms with Gasteiger partial charge in [-0.1, -0.05) is 85.4 Å². The number of rotatable bonds is 14. The van der Waals surface area contributed by atoms with Crippen molar-refractivity contribution in [3.63, 3.8) is 0 Å². The first-order valence-electron chi connectivity index (χ1n) is 13.2. The smallest absolute Gasteiger partial charge is 0.315 e. The summed E-state index contributed by atoms with van der Waals surface area (Å²) < 4.78 is 20.4. The molecular formula is C31H33Cl2N3O4. The average molecular weight is 583 g/mol. The summed E-state index contributed by atoms with van der Waals surface area (Å²) in [6, 6.07) is 24.3. The normalized spacial score (nSPS) is 14.2. The molecule has 0 saturated heterocycles. The van der Waals surface area contributed by atoms with E-state index >= 15 is 0 Å². The number of hydrogen-bond donors (Lipinski definition) is 0. The second kappa shape index (κ2) is 14.3. The Kier molecular flexibility index (Phi) is 10.6. The van der Waals surface area contributed by atoms with Crippen LogP contribution in [0.3, 0.4) is 0 Å². The van der Waals surface area contributed by atoms with Crippen molar-refractivity contribution < 1.29 is 19.0 Å². The summed E-state index contributed by atoms with van der Waals surface area (Å²) >= 11 is 12.3. The predicted molar refractivity (Wildman–Crippen MR) is 155 cm³/mol. The van der Waals surface area contributed by atoms with Crippen LogP contribution in [0.2, 0.25) is 10.0 Å². The highest BCUT2D eigenvalue weighted by molar-refractivity contribution is 6.30. The first kappa shape index (κ1) is 29.6. The van der Waals surface area contributed by atoms with Gasteiger partial charge >= 0.3 is 5.97 Å². The lowest BCUT2D eigenvalue weighted by atomic mass is 9.72. The van der Waals surface area contributed by atoms with Crippen molar-refractivity contribution in [1.82, 2.24) is 14.8 Å². The summed E-state index contributed by atoms with van der Waals surface area (Å²) in [5.74, 6) is 0.162. The molecule has 1 aromatic heterocycles. The number of carbonyl (C=O) groups excluding carboxylic acids is 1. The van der Waals surface area contributed by atoms with Crippen molar-refractivity contribution in [3.05, 3.63) is 113 Å². The molecule has 9 heteroatoms. The third kappa shape index (κ3) is 7.42. The molecule has 0 aliphatic heterocycles. The van der Waals surface area contributed by atoms with Gasteiger partial charge in [0.2, 0.25) is 6.23 Å². The van der Waals surface area contributed by atoms with Crippen LogP contribution in [0.4, 0.5) is 0 Å². The maximum Gasteiger partial charge on any atom is 0.315 e. The summed E-state index contributed by atoms with van der Waals surface area (Å²) in [5, 5.41) is 5.62. The Morgan fingerprint density at radius 3 is 2.23 bits per heavy atom. The maximum atomic E-state index is 14.0. The van der Waals surface area contributed by atoms with E-state index in [1.165, 1.54) is 13.4 Å². The van der Waals surface area contributed by atoms with Gasteiger partial charge in [0.1, 0.15) is 29.9 Å². The fraction of sp³-hybridized carbons (Fsp3) is 0.323. The molecule has 40 heavy (non-hydrogen) atoms. The summed E-state index contributed by atoms with van der Waals surface area (Å²) in [4.78, 5) is 18.1. The zero-order valence-electron chi connectivity index (χ0n) is 22.6. The van der Waals surface area contributed by atoms with E-state index in [4.69, 9.17) is 37.4 Å². The van der Waals surface area contributed by atoms with Crippen LogP contribution in [-0.2, 0) is 27.3 Å². The van der Waals surface area contributed by atoms with Crippen LogP contribution in [0.1, 0.15) is 43.5 Å². The van der Waals surface area contributed by atoms with E-state index in [0.717, 1.165) is 24.0 Å². The summed E-state index contributed by atoms with van der Waals surface area (Å²) in [7, 11) is 1.41. The standard InChI is InChI=1S/C31H33Cl2N3O4/c1-3-4-18-31(30(37)38-2,19-23-8-6-5-7-9-23)28(39-20-24-10-12-25(32)13-11-24)29(36-22-34-21-35-36)40-27-16-14-26(33)15-17-27/h5-17,21-22,28-29H,3-4,18-20H2,1-2H3. The fourth-order valence-electron chi connectivity index (χ4n) is 4.81. The van der Waals surface area contributed by atoms with Gasteiger partial charge in [-0.3, -0.25) is 4.79 Å². The van der Waals surface area contributed by atoms with Gasteiger partial charge in [-0.05, 0) is 60.4 Å². The highest BCUT2D eigenvalue weighted by atomic mass is 35.5. The Balaban J connectivity index is 1.85. The Labute approximate surface area is 245 Å². The Morgan fingerprint density at radius 2 is 1.62 bits per heavy atom. The van der Waals surface area contributed by atoms with Crippen molar-refractivity contribution in [2.75, 3.05) is 7.11 Å². The van der Waals surface area contributed by atoms with E-state index in [1.807, 2.05) is 54.6 Å². The van der Waals surface area contributed by atoms with Gasteiger partial charge < -0.3 is 14.2 Å². The highest BCUT2D eigenvalue weighted by Crippen LogP contribution is 2.42. The van der Waals surface area contributed by atoms with Gasteiger partial charge in [-0.2, -0.15) is 5.10 Å². The zero-order valence-corrected chi connectivity index (χ0v) is 24.1. The number of hydrogen-bond acceptors (Lipinski definition) is 6. The number of unbranched alkanes of at least 4 members (excludes halogenated alkanes) is 1. The van der Waals surface area contributed by atoms with Crippen molar-refractivity contribution in [2.45, 2.75) is 51.5 Å². The van der Waals surface area contributed by atoms with Crippen LogP contribution in [0, 0.1) is 5.41 Å². The molecule has 4 aromatic rings. The van der Waals surface area contributed by atoms with E-state index in [0.29, 0.717) is 28.6 Å². The lowest BCUT2D eigenvalue weighted by Gasteiger charge is -2.42. The number of benzene rings is 3. The van der Waals surface area contributed by atoms with E-state index in [9.17, 15) is 4.79 Å². The summed E-state index contributed by atoms with van der Waals surface area (Å²) in [6.45, 7) is 2.30. The minimum Gasteiger partial charge on any atom is -0.469 e. The summed E-state index contributed by atoms with van der Waals surface area (Å²) in [5.41, 5.74) is 0.752. The number of halogens is 2. The van der Waals surface area contributed by atoms with Crippen molar-refractivity contribution in [2.24, 2.45) is 5.41 Å². The highest BCUT2D eigenvalue weighted by Gasteiger charge is 2.52. The van der Waals surface area contributed by atoms with Gasteiger partial charge in [0.25, 0.3) is 0 Å². The molecule has 0 fully saturated rings. The lowest BCUT2D eigenvalue weighted by molar-refractivity contribution is -0.183. The molecule has 0 radical (unpaired) electrons. The molecule has 4 rings (SSSR count). The third-order valence-corrected chi connectivity index (χ3v) is 7.35. The second-order valence-electron chi connectivity index (χ2n) is 9.61. The van der Waals surface area contributed by atoms with Gasteiger partial charge in [0.05, 0.1) is 13.7 Å². The molecule has 0 amide bonds. The lowest BCUT2D eigenvalue weighted by Crippen LogP contribution is -2.52. The monoisotopic (exact) mass is 581 g/mol. The second-order valence-corrected chi connectivity index (χ2v) is 10.5. The van der Waals surface area contributed by atoms with E-state index in [-0.39, 0.29) is 12.6 Å². The first-order chi connectivity index (χ1) is 19.4. The number of ether oxygens (including phenoxy) is 3. The molecule has 0 N–H and O–H groups in total. The van der Waals surface area contributed by atoms with Crippen molar-refractivity contribution in [3.8, 4) is 5.75 Å². The molecule has 1 heterocycles. The number of aromatic nitrogens is 3. The molecule has 0 aliphatic carbocycles. The number of nitrogens with zero attached hydrogens (tertiary/aromatic N) is 3. The molecule has 3 aromatic carbocycles. The minimum atomic E-state index is -1.12. The minimum absolute atomic E-state index is 0.205. The summed E-state index contributed by atoms with van der Waals surface area (Å²) in [6.07, 6.45) is 3.82. The molecule has 210 valence electrons. The van der Waals surface area contributed by atoms with Crippen LogP contribution < -0.4 is 4.74 Å². The van der Waals surface area contributed by atoms with Crippen LogP contribution >= 0.6 is 23.2 Å². The molecule has 0 saturated carbocycles. The Bertz CT molecular complexity index is 1320. The number of esters is 1. The van der Waals surface area contributed by atoms with E-state index < -0.39 is 17.7 Å². The van der Waals surface area contributed by atoms with E-state index in [2.05, 4.69) is 17.0 Å². The van der Waals surface area contributed by atoms with Crippen LogP contribution in [0.15, 0.2) is 91.5 Å².